The molecule has 1 N–H and O–H groups in total. The number of halogens is 1. The maximum absolute atomic E-state index is 12.1. The summed E-state index contributed by atoms with van der Waals surface area (Å²) in [7, 11) is 0. The zero-order valence-electron chi connectivity index (χ0n) is 11.7. The van der Waals surface area contributed by atoms with E-state index in [1.54, 1.807) is 6.20 Å². The van der Waals surface area contributed by atoms with Gasteiger partial charge >= 0.3 is 0 Å². The normalized spacial score (nSPS) is 22.9. The van der Waals surface area contributed by atoms with E-state index in [1.165, 1.54) is 23.9 Å². The van der Waals surface area contributed by atoms with Crippen LogP contribution in [-0.4, -0.2) is 15.8 Å². The molecule has 2 atom stereocenters. The predicted molar refractivity (Wildman–Crippen MR) is 84.7 cm³/mol. The van der Waals surface area contributed by atoms with Crippen LogP contribution in [0.25, 0.3) is 0 Å². The van der Waals surface area contributed by atoms with Crippen LogP contribution in [0.4, 0.5) is 5.69 Å². The fourth-order valence-corrected chi connectivity index (χ4v) is 3.04. The highest BCUT2D eigenvalue weighted by Gasteiger charge is 2.18. The van der Waals surface area contributed by atoms with Gasteiger partial charge in [0.05, 0.1) is 11.9 Å². The highest BCUT2D eigenvalue weighted by molar-refractivity contribution is 9.10. The van der Waals surface area contributed by atoms with Gasteiger partial charge in [-0.3, -0.25) is 4.79 Å². The summed E-state index contributed by atoms with van der Waals surface area (Å²) in [4.78, 5) is 12.1. The summed E-state index contributed by atoms with van der Waals surface area (Å²) >= 11 is 3.35. The van der Waals surface area contributed by atoms with Gasteiger partial charge in [0.15, 0.2) is 0 Å². The van der Waals surface area contributed by atoms with Crippen molar-refractivity contribution >= 4 is 21.6 Å². The number of terminal acetylenes is 1. The Labute approximate surface area is 128 Å². The second-order valence-electron chi connectivity index (χ2n) is 5.49. The lowest BCUT2D eigenvalue weighted by Gasteiger charge is -2.18. The van der Waals surface area contributed by atoms with E-state index in [1.807, 2.05) is 0 Å². The monoisotopic (exact) mass is 337 g/mol. The minimum Gasteiger partial charge on any atom is -0.380 e. The van der Waals surface area contributed by atoms with Gasteiger partial charge in [-0.25, -0.2) is 4.68 Å². The summed E-state index contributed by atoms with van der Waals surface area (Å²) < 4.78 is 1.80. The first kappa shape index (κ1) is 15.1. The third-order valence-corrected chi connectivity index (χ3v) is 4.61. The molecule has 2 rings (SSSR count). The van der Waals surface area contributed by atoms with Crippen molar-refractivity contribution in [2.75, 3.05) is 5.32 Å². The second-order valence-corrected chi connectivity index (χ2v) is 6.29. The first-order chi connectivity index (χ1) is 9.61. The van der Waals surface area contributed by atoms with E-state index in [2.05, 4.69) is 39.2 Å². The van der Waals surface area contributed by atoms with Crippen molar-refractivity contribution in [2.24, 2.45) is 5.92 Å². The predicted octanol–water partition coefficient (Wildman–Crippen LogP) is 3.02. The highest BCUT2D eigenvalue weighted by atomic mass is 79.9. The van der Waals surface area contributed by atoms with Gasteiger partial charge in [0.1, 0.15) is 11.0 Å². The zero-order chi connectivity index (χ0) is 14.5. The molecule has 2 unspecified atom stereocenters. The van der Waals surface area contributed by atoms with Crippen molar-refractivity contribution in [1.82, 2.24) is 9.78 Å². The topological polar surface area (TPSA) is 46.9 Å². The maximum atomic E-state index is 12.1. The van der Waals surface area contributed by atoms with Crippen LogP contribution in [0.2, 0.25) is 0 Å². The lowest BCUT2D eigenvalue weighted by molar-refractivity contribution is 0.502. The molecule has 1 fully saturated rings. The summed E-state index contributed by atoms with van der Waals surface area (Å²) in [5.74, 6) is 3.22. The molecule has 1 aromatic heterocycles. The van der Waals surface area contributed by atoms with Crippen LogP contribution in [0.5, 0.6) is 0 Å². The Morgan fingerprint density at radius 1 is 1.50 bits per heavy atom. The highest BCUT2D eigenvalue weighted by Crippen LogP contribution is 2.26. The van der Waals surface area contributed by atoms with Gasteiger partial charge in [0, 0.05) is 6.04 Å². The molecule has 0 spiro atoms. The van der Waals surface area contributed by atoms with E-state index in [0.717, 1.165) is 24.4 Å². The SMILES string of the molecule is C#CCn1ncc(NC2CCCC(C)CC2)c(Br)c1=O. The van der Waals surface area contributed by atoms with Crippen LogP contribution in [-0.2, 0) is 6.54 Å². The molecule has 0 aliphatic heterocycles. The lowest BCUT2D eigenvalue weighted by atomic mass is 10.0. The lowest BCUT2D eigenvalue weighted by Crippen LogP contribution is -2.26. The number of nitrogens with zero attached hydrogens (tertiary/aromatic N) is 2. The summed E-state index contributed by atoms with van der Waals surface area (Å²) in [6, 6.07) is 0.418. The van der Waals surface area contributed by atoms with E-state index in [9.17, 15) is 4.79 Å². The molecular weight excluding hydrogens is 318 g/mol. The molecule has 1 heterocycles. The second kappa shape index (κ2) is 6.94. The average molecular weight is 338 g/mol. The fraction of sp³-hybridized carbons (Fsp3) is 0.600. The Morgan fingerprint density at radius 2 is 2.30 bits per heavy atom. The Balaban J connectivity index is 2.12. The number of hydrogen-bond acceptors (Lipinski definition) is 3. The summed E-state index contributed by atoms with van der Waals surface area (Å²) in [6.45, 7) is 2.50. The van der Waals surface area contributed by atoms with Gasteiger partial charge in [0.25, 0.3) is 5.56 Å². The summed E-state index contributed by atoms with van der Waals surface area (Å²) in [6.07, 6.45) is 12.9. The minimum absolute atomic E-state index is 0.185. The molecule has 0 saturated heterocycles. The number of rotatable bonds is 3. The van der Waals surface area contributed by atoms with E-state index in [0.29, 0.717) is 10.5 Å². The molecule has 0 aromatic carbocycles. The quantitative estimate of drug-likeness (QED) is 0.681. The largest absolute Gasteiger partial charge is 0.380 e. The Hall–Kier alpha value is -1.28. The van der Waals surface area contributed by atoms with Gasteiger partial charge in [-0.1, -0.05) is 25.7 Å². The first-order valence-electron chi connectivity index (χ1n) is 7.07. The number of nitrogens with one attached hydrogen (secondary N) is 1. The van der Waals surface area contributed by atoms with Crippen molar-refractivity contribution in [3.05, 3.63) is 21.0 Å². The summed E-state index contributed by atoms with van der Waals surface area (Å²) in [5.41, 5.74) is 0.581. The number of hydrogen-bond donors (Lipinski definition) is 1. The molecule has 108 valence electrons. The molecule has 5 heteroatoms. The molecule has 0 bridgehead atoms. The number of aromatic nitrogens is 2. The Bertz CT molecular complexity index is 561. The average Bonchev–Trinajstić information content (AvgIpc) is 2.63. The van der Waals surface area contributed by atoms with E-state index in [-0.39, 0.29) is 12.1 Å². The van der Waals surface area contributed by atoms with Gasteiger partial charge in [0.2, 0.25) is 0 Å². The molecule has 4 nitrogen and oxygen atoms in total. The summed E-state index contributed by atoms with van der Waals surface area (Å²) in [5, 5.41) is 7.55. The molecule has 20 heavy (non-hydrogen) atoms. The molecule has 1 aliphatic carbocycles. The maximum Gasteiger partial charge on any atom is 0.284 e. The molecule has 0 radical (unpaired) electrons. The van der Waals surface area contributed by atoms with E-state index >= 15 is 0 Å². The standard InChI is InChI=1S/C15H20BrN3O/c1-3-9-19-15(20)14(16)13(10-17-19)18-12-6-4-5-11(2)7-8-12/h1,10-12,18H,4-9H2,2H3. The third-order valence-electron chi connectivity index (χ3n) is 3.84. The van der Waals surface area contributed by atoms with E-state index in [4.69, 9.17) is 6.42 Å². The van der Waals surface area contributed by atoms with Crippen LogP contribution in [0.15, 0.2) is 15.5 Å². The molecule has 1 aromatic rings. The molecular formula is C15H20BrN3O. The molecule has 1 saturated carbocycles. The van der Waals surface area contributed by atoms with Gasteiger partial charge in [-0.2, -0.15) is 5.10 Å². The fourth-order valence-electron chi connectivity index (χ4n) is 2.62. The van der Waals surface area contributed by atoms with Crippen molar-refractivity contribution in [3.63, 3.8) is 0 Å². The van der Waals surface area contributed by atoms with Crippen molar-refractivity contribution in [3.8, 4) is 12.3 Å². The van der Waals surface area contributed by atoms with Gasteiger partial charge in [-0.05, 0) is 41.1 Å². The minimum atomic E-state index is -0.185. The van der Waals surface area contributed by atoms with Crippen LogP contribution < -0.4 is 10.9 Å². The smallest absolute Gasteiger partial charge is 0.284 e. The molecule has 0 amide bonds. The van der Waals surface area contributed by atoms with Crippen LogP contribution in [0.1, 0.15) is 39.0 Å². The zero-order valence-corrected chi connectivity index (χ0v) is 13.3. The Morgan fingerprint density at radius 3 is 3.05 bits per heavy atom. The Kier molecular flexibility index (Phi) is 5.24. The van der Waals surface area contributed by atoms with Crippen LogP contribution in [0.3, 0.4) is 0 Å². The number of anilines is 1. The van der Waals surface area contributed by atoms with Gasteiger partial charge in [-0.15, -0.1) is 6.42 Å². The van der Waals surface area contributed by atoms with E-state index < -0.39 is 0 Å². The van der Waals surface area contributed by atoms with Crippen molar-refractivity contribution in [1.29, 1.82) is 0 Å². The molecule has 1 aliphatic rings. The first-order valence-corrected chi connectivity index (χ1v) is 7.86. The van der Waals surface area contributed by atoms with Gasteiger partial charge < -0.3 is 5.32 Å². The van der Waals surface area contributed by atoms with Crippen molar-refractivity contribution < 1.29 is 0 Å². The third kappa shape index (κ3) is 3.63. The van der Waals surface area contributed by atoms with Crippen molar-refractivity contribution in [2.45, 2.75) is 51.6 Å². The van der Waals surface area contributed by atoms with Crippen LogP contribution >= 0.6 is 15.9 Å². The van der Waals surface area contributed by atoms with Crippen LogP contribution in [0, 0.1) is 18.3 Å².